The average Bonchev–Trinajstić information content (AvgIpc) is 3.06. The fourth-order valence-electron chi connectivity index (χ4n) is 2.82. The molecule has 0 saturated carbocycles. The predicted octanol–water partition coefficient (Wildman–Crippen LogP) is 1.03. The third-order valence-corrected chi connectivity index (χ3v) is 3.85. The number of aromatic carboxylic acids is 1. The Balaban J connectivity index is 1.89. The number of fused-ring (bicyclic) bond motifs is 1. The molecule has 2 aliphatic heterocycles. The fraction of sp³-hybridized carbons (Fsp3) is 0.429. The maximum absolute atomic E-state index is 12.4. The summed E-state index contributed by atoms with van der Waals surface area (Å²) in [5.41, 5.74) is 2.05. The molecule has 1 atom stereocenters. The van der Waals surface area contributed by atoms with E-state index in [2.05, 4.69) is 5.32 Å². The molecule has 1 fully saturated rings. The normalized spacial score (nSPS) is 21.5. The monoisotopic (exact) mass is 260 g/mol. The summed E-state index contributed by atoms with van der Waals surface area (Å²) in [6.45, 7) is 1.53. The summed E-state index contributed by atoms with van der Waals surface area (Å²) in [6, 6.07) is 4.91. The highest BCUT2D eigenvalue weighted by atomic mass is 16.4. The summed E-state index contributed by atoms with van der Waals surface area (Å²) < 4.78 is 0. The molecule has 1 aromatic carbocycles. The van der Waals surface area contributed by atoms with E-state index in [1.807, 2.05) is 6.07 Å². The maximum atomic E-state index is 12.4. The number of carboxylic acid groups (broad SMARTS) is 1. The number of hydrogen-bond donors (Lipinski definition) is 2. The number of nitrogens with zero attached hydrogens (tertiary/aromatic N) is 1. The lowest BCUT2D eigenvalue weighted by atomic mass is 10.1. The molecule has 100 valence electrons. The molecule has 1 amide bonds. The number of benzene rings is 1. The van der Waals surface area contributed by atoms with E-state index in [4.69, 9.17) is 5.11 Å². The smallest absolute Gasteiger partial charge is 0.335 e. The zero-order chi connectivity index (χ0) is 13.4. The van der Waals surface area contributed by atoms with Crippen LogP contribution < -0.4 is 10.2 Å². The first-order valence-corrected chi connectivity index (χ1v) is 6.58. The standard InChI is InChI=1S/C14H16N2O3/c17-13(11-2-1-6-15-11)16-7-5-9-3-4-10(14(18)19)8-12(9)16/h3-4,8,11,15H,1-2,5-7H2,(H,18,19)/t11-/m1/s1. The van der Waals surface area contributed by atoms with Gasteiger partial charge in [-0.05, 0) is 43.5 Å². The van der Waals surface area contributed by atoms with Crippen molar-refractivity contribution >= 4 is 17.6 Å². The third-order valence-electron chi connectivity index (χ3n) is 3.85. The molecule has 1 aromatic rings. The van der Waals surface area contributed by atoms with E-state index in [1.54, 1.807) is 17.0 Å². The topological polar surface area (TPSA) is 69.6 Å². The quantitative estimate of drug-likeness (QED) is 0.833. The molecule has 1 saturated heterocycles. The van der Waals surface area contributed by atoms with Gasteiger partial charge in [-0.3, -0.25) is 4.79 Å². The Kier molecular flexibility index (Phi) is 2.98. The second kappa shape index (κ2) is 4.66. The van der Waals surface area contributed by atoms with E-state index >= 15 is 0 Å². The molecule has 3 rings (SSSR count). The van der Waals surface area contributed by atoms with E-state index in [0.29, 0.717) is 6.54 Å². The zero-order valence-corrected chi connectivity index (χ0v) is 10.6. The van der Waals surface area contributed by atoms with E-state index in [1.165, 1.54) is 0 Å². The molecule has 0 bridgehead atoms. The molecular formula is C14H16N2O3. The number of carbonyl (C=O) groups excluding carboxylic acids is 1. The van der Waals surface area contributed by atoms with Crippen molar-refractivity contribution in [3.05, 3.63) is 29.3 Å². The number of hydrogen-bond acceptors (Lipinski definition) is 3. The van der Waals surface area contributed by atoms with E-state index in [-0.39, 0.29) is 17.5 Å². The van der Waals surface area contributed by atoms with E-state index in [9.17, 15) is 9.59 Å². The molecule has 0 aliphatic carbocycles. The number of amides is 1. The number of rotatable bonds is 2. The fourth-order valence-corrected chi connectivity index (χ4v) is 2.82. The van der Waals surface area contributed by atoms with E-state index in [0.717, 1.165) is 37.1 Å². The number of anilines is 1. The van der Waals surface area contributed by atoms with Crippen LogP contribution in [-0.2, 0) is 11.2 Å². The minimum Gasteiger partial charge on any atom is -0.478 e. The molecule has 5 heteroatoms. The second-order valence-corrected chi connectivity index (χ2v) is 5.04. The average molecular weight is 260 g/mol. The minimum absolute atomic E-state index is 0.0683. The largest absolute Gasteiger partial charge is 0.478 e. The first-order valence-electron chi connectivity index (χ1n) is 6.58. The highest BCUT2D eigenvalue weighted by Crippen LogP contribution is 2.30. The van der Waals surface area contributed by atoms with Crippen molar-refractivity contribution in [3.63, 3.8) is 0 Å². The Morgan fingerprint density at radius 2 is 2.21 bits per heavy atom. The van der Waals surface area contributed by atoms with Gasteiger partial charge < -0.3 is 15.3 Å². The zero-order valence-electron chi connectivity index (χ0n) is 10.6. The molecule has 0 radical (unpaired) electrons. The van der Waals surface area contributed by atoms with Gasteiger partial charge in [-0.1, -0.05) is 6.07 Å². The highest BCUT2D eigenvalue weighted by Gasteiger charge is 2.31. The Morgan fingerprint density at radius 3 is 2.89 bits per heavy atom. The van der Waals surface area contributed by atoms with Crippen molar-refractivity contribution in [1.29, 1.82) is 0 Å². The van der Waals surface area contributed by atoms with Crippen LogP contribution >= 0.6 is 0 Å². The summed E-state index contributed by atoms with van der Waals surface area (Å²) in [4.78, 5) is 25.2. The van der Waals surface area contributed by atoms with Crippen molar-refractivity contribution in [2.24, 2.45) is 0 Å². The van der Waals surface area contributed by atoms with Crippen LogP contribution in [0.15, 0.2) is 18.2 Å². The first kappa shape index (κ1) is 12.2. The van der Waals surface area contributed by atoms with Gasteiger partial charge in [0.2, 0.25) is 5.91 Å². The summed E-state index contributed by atoms with van der Waals surface area (Å²) in [6.07, 6.45) is 2.68. The van der Waals surface area contributed by atoms with Gasteiger partial charge in [0.15, 0.2) is 0 Å². The third kappa shape index (κ3) is 2.10. The Labute approximate surface area is 111 Å². The second-order valence-electron chi connectivity index (χ2n) is 5.04. The van der Waals surface area contributed by atoms with Gasteiger partial charge in [-0.15, -0.1) is 0 Å². The first-order chi connectivity index (χ1) is 9.16. The lowest BCUT2D eigenvalue weighted by Crippen LogP contribution is -2.43. The molecule has 0 aromatic heterocycles. The van der Waals surface area contributed by atoms with Crippen LogP contribution in [0.2, 0.25) is 0 Å². The van der Waals surface area contributed by atoms with Crippen LogP contribution in [0.1, 0.15) is 28.8 Å². The Bertz CT molecular complexity index is 535. The van der Waals surface area contributed by atoms with Crippen molar-refractivity contribution in [1.82, 2.24) is 5.32 Å². The summed E-state index contributed by atoms with van der Waals surface area (Å²) >= 11 is 0. The van der Waals surface area contributed by atoms with Crippen LogP contribution in [0.25, 0.3) is 0 Å². The minimum atomic E-state index is -0.957. The van der Waals surface area contributed by atoms with Crippen molar-refractivity contribution in [2.75, 3.05) is 18.0 Å². The Morgan fingerprint density at radius 1 is 1.37 bits per heavy atom. The molecule has 2 aliphatic rings. The van der Waals surface area contributed by atoms with Crippen LogP contribution in [0, 0.1) is 0 Å². The lowest BCUT2D eigenvalue weighted by molar-refractivity contribution is -0.120. The van der Waals surface area contributed by atoms with Crippen LogP contribution in [-0.4, -0.2) is 36.1 Å². The SMILES string of the molecule is O=C(O)c1ccc2c(c1)N(C(=O)[C@H]1CCCN1)CC2. The molecule has 0 spiro atoms. The molecule has 2 heterocycles. The van der Waals surface area contributed by atoms with Gasteiger partial charge >= 0.3 is 5.97 Å². The van der Waals surface area contributed by atoms with Crippen LogP contribution in [0.5, 0.6) is 0 Å². The van der Waals surface area contributed by atoms with Crippen molar-refractivity contribution in [3.8, 4) is 0 Å². The predicted molar refractivity (Wildman–Crippen MR) is 70.5 cm³/mol. The van der Waals surface area contributed by atoms with Gasteiger partial charge in [0.05, 0.1) is 11.6 Å². The van der Waals surface area contributed by atoms with Gasteiger partial charge in [0, 0.05) is 12.2 Å². The van der Waals surface area contributed by atoms with Crippen molar-refractivity contribution < 1.29 is 14.7 Å². The Hall–Kier alpha value is -1.88. The van der Waals surface area contributed by atoms with Gasteiger partial charge in [0.1, 0.15) is 0 Å². The molecule has 2 N–H and O–H groups in total. The molecule has 19 heavy (non-hydrogen) atoms. The van der Waals surface area contributed by atoms with Crippen molar-refractivity contribution in [2.45, 2.75) is 25.3 Å². The molecule has 0 unspecified atom stereocenters. The van der Waals surface area contributed by atoms with Gasteiger partial charge in [0.25, 0.3) is 0 Å². The molecular weight excluding hydrogens is 244 g/mol. The van der Waals surface area contributed by atoms with Gasteiger partial charge in [-0.2, -0.15) is 0 Å². The summed E-state index contributed by atoms with van der Waals surface area (Å²) in [5.74, 6) is -0.889. The summed E-state index contributed by atoms with van der Waals surface area (Å²) in [5, 5.41) is 12.2. The van der Waals surface area contributed by atoms with Crippen LogP contribution in [0.3, 0.4) is 0 Å². The number of carbonyl (C=O) groups is 2. The highest BCUT2D eigenvalue weighted by molar-refractivity contribution is 6.00. The number of carboxylic acids is 1. The van der Waals surface area contributed by atoms with Crippen LogP contribution in [0.4, 0.5) is 5.69 Å². The van der Waals surface area contributed by atoms with E-state index < -0.39 is 5.97 Å². The summed E-state index contributed by atoms with van der Waals surface area (Å²) in [7, 11) is 0. The number of nitrogens with one attached hydrogen (secondary N) is 1. The lowest BCUT2D eigenvalue weighted by Gasteiger charge is -2.21. The maximum Gasteiger partial charge on any atom is 0.335 e. The molecule has 5 nitrogen and oxygen atoms in total. The van der Waals surface area contributed by atoms with Gasteiger partial charge in [-0.25, -0.2) is 4.79 Å².